The number of anilines is 3. The molecule has 162 valence electrons. The first-order valence-corrected chi connectivity index (χ1v) is 10.1. The van der Waals surface area contributed by atoms with Crippen LogP contribution in [-0.4, -0.2) is 59.3 Å². The monoisotopic (exact) mass is 423 g/mol. The van der Waals surface area contributed by atoms with Crippen LogP contribution in [0.5, 0.6) is 0 Å². The Kier molecular flexibility index (Phi) is 5.89. The molecule has 8 nitrogen and oxygen atoms in total. The van der Waals surface area contributed by atoms with Crippen molar-refractivity contribution in [2.24, 2.45) is 0 Å². The molecule has 30 heavy (non-hydrogen) atoms. The molecule has 4 rings (SSSR count). The van der Waals surface area contributed by atoms with Gasteiger partial charge in [-0.2, -0.15) is 28.1 Å². The summed E-state index contributed by atoms with van der Waals surface area (Å²) in [6, 6.07) is 2.60. The van der Waals surface area contributed by atoms with Crippen molar-refractivity contribution < 1.29 is 17.9 Å². The van der Waals surface area contributed by atoms with Crippen LogP contribution in [0.4, 0.5) is 30.9 Å². The third-order valence-electron chi connectivity index (χ3n) is 5.22. The van der Waals surface area contributed by atoms with E-state index in [2.05, 4.69) is 19.9 Å². The number of pyridine rings is 1. The molecule has 11 heteroatoms. The Morgan fingerprint density at radius 1 is 0.800 bits per heavy atom. The number of nitrogens with two attached hydrogens (primary N) is 1. The summed E-state index contributed by atoms with van der Waals surface area (Å²) >= 11 is 0. The summed E-state index contributed by atoms with van der Waals surface area (Å²) < 4.78 is 46.3. The van der Waals surface area contributed by atoms with E-state index in [9.17, 15) is 13.2 Å². The van der Waals surface area contributed by atoms with Gasteiger partial charge >= 0.3 is 6.18 Å². The maximum Gasteiger partial charge on any atom is 0.434 e. The van der Waals surface area contributed by atoms with E-state index in [1.165, 1.54) is 12.1 Å². The minimum Gasteiger partial charge on any atom is -0.384 e. The van der Waals surface area contributed by atoms with E-state index in [0.717, 1.165) is 38.8 Å². The van der Waals surface area contributed by atoms with E-state index in [4.69, 9.17) is 10.5 Å². The molecule has 2 N–H and O–H groups in total. The summed E-state index contributed by atoms with van der Waals surface area (Å²) in [6.45, 7) is 3.68. The first-order valence-electron chi connectivity index (χ1n) is 10.1. The van der Waals surface area contributed by atoms with E-state index < -0.39 is 11.9 Å². The first kappa shape index (κ1) is 20.6. The Morgan fingerprint density at radius 2 is 1.40 bits per heavy atom. The molecule has 2 aliphatic heterocycles. The fraction of sp³-hybridized carbons (Fsp3) is 0.579. The van der Waals surface area contributed by atoms with Crippen LogP contribution in [0, 0.1) is 0 Å². The lowest BCUT2D eigenvalue weighted by Gasteiger charge is -2.28. The number of morpholine rings is 1. The zero-order chi connectivity index (χ0) is 21.1. The second-order valence-corrected chi connectivity index (χ2v) is 7.39. The molecule has 0 amide bonds. The minimum absolute atomic E-state index is 0.0504. The smallest absolute Gasteiger partial charge is 0.384 e. The molecule has 0 atom stereocenters. The van der Waals surface area contributed by atoms with Gasteiger partial charge in [-0.05, 0) is 25.0 Å². The van der Waals surface area contributed by atoms with Crippen molar-refractivity contribution in [2.45, 2.75) is 31.9 Å². The summed E-state index contributed by atoms with van der Waals surface area (Å²) in [7, 11) is 0. The number of hydrogen-bond donors (Lipinski definition) is 1. The molecule has 4 heterocycles. The minimum atomic E-state index is -4.68. The molecule has 0 aromatic carbocycles. The predicted molar refractivity (Wildman–Crippen MR) is 106 cm³/mol. The molecular formula is C19H24F3N7O. The van der Waals surface area contributed by atoms with Crippen LogP contribution in [0.25, 0.3) is 11.4 Å². The quantitative estimate of drug-likeness (QED) is 0.806. The molecule has 0 saturated carbocycles. The first-order chi connectivity index (χ1) is 14.4. The molecule has 2 aliphatic rings. The van der Waals surface area contributed by atoms with Gasteiger partial charge in [-0.3, -0.25) is 0 Å². The predicted octanol–water partition coefficient (Wildman–Crippen LogP) is 2.75. The van der Waals surface area contributed by atoms with Gasteiger partial charge in [-0.1, -0.05) is 12.8 Å². The highest BCUT2D eigenvalue weighted by molar-refractivity contribution is 5.63. The fourth-order valence-electron chi connectivity index (χ4n) is 3.66. The molecule has 2 aromatic rings. The van der Waals surface area contributed by atoms with Crippen LogP contribution in [0.15, 0.2) is 12.1 Å². The summed E-state index contributed by atoms with van der Waals surface area (Å²) in [5.74, 6) is 0.493. The van der Waals surface area contributed by atoms with E-state index in [0.29, 0.717) is 38.2 Å². The van der Waals surface area contributed by atoms with E-state index in [-0.39, 0.29) is 17.2 Å². The number of nitrogens with zero attached hydrogens (tertiary/aromatic N) is 6. The molecule has 2 aromatic heterocycles. The highest BCUT2D eigenvalue weighted by atomic mass is 19.4. The van der Waals surface area contributed by atoms with Gasteiger partial charge in [0.1, 0.15) is 5.82 Å². The number of ether oxygens (including phenoxy) is 1. The van der Waals surface area contributed by atoms with E-state index in [1.807, 2.05) is 9.80 Å². The molecular weight excluding hydrogens is 399 g/mol. The number of rotatable bonds is 3. The van der Waals surface area contributed by atoms with Crippen molar-refractivity contribution >= 4 is 17.7 Å². The molecule has 0 aliphatic carbocycles. The molecule has 0 bridgehead atoms. The van der Waals surface area contributed by atoms with Crippen LogP contribution in [0.3, 0.4) is 0 Å². The zero-order valence-electron chi connectivity index (χ0n) is 16.5. The fourth-order valence-corrected chi connectivity index (χ4v) is 3.66. The zero-order valence-corrected chi connectivity index (χ0v) is 16.5. The van der Waals surface area contributed by atoms with Gasteiger partial charge < -0.3 is 20.3 Å². The molecule has 2 saturated heterocycles. The van der Waals surface area contributed by atoms with Gasteiger partial charge in [-0.15, -0.1) is 0 Å². The SMILES string of the molecule is Nc1ccc(-c2nc(N3CCCCCC3)nc(N3CCOCC3)n2)c(C(F)(F)F)n1. The molecule has 0 spiro atoms. The van der Waals surface area contributed by atoms with Crippen molar-refractivity contribution in [1.82, 2.24) is 19.9 Å². The number of hydrogen-bond acceptors (Lipinski definition) is 8. The van der Waals surface area contributed by atoms with Gasteiger partial charge in [0, 0.05) is 26.2 Å². The van der Waals surface area contributed by atoms with Gasteiger partial charge in [0.05, 0.1) is 18.8 Å². The summed E-state index contributed by atoms with van der Waals surface area (Å²) in [5, 5.41) is 0. The summed E-state index contributed by atoms with van der Waals surface area (Å²) in [5.41, 5.74) is 4.22. The summed E-state index contributed by atoms with van der Waals surface area (Å²) in [4.78, 5) is 20.9. The van der Waals surface area contributed by atoms with Crippen molar-refractivity contribution in [3.05, 3.63) is 17.8 Å². The van der Waals surface area contributed by atoms with Crippen LogP contribution < -0.4 is 15.5 Å². The second kappa shape index (κ2) is 8.58. The lowest BCUT2D eigenvalue weighted by atomic mass is 10.1. The van der Waals surface area contributed by atoms with Crippen LogP contribution in [0.2, 0.25) is 0 Å². The van der Waals surface area contributed by atoms with E-state index in [1.54, 1.807) is 0 Å². The lowest BCUT2D eigenvalue weighted by Crippen LogP contribution is -2.38. The molecule has 0 unspecified atom stereocenters. The van der Waals surface area contributed by atoms with Crippen molar-refractivity contribution in [2.75, 3.05) is 54.9 Å². The van der Waals surface area contributed by atoms with Gasteiger partial charge in [0.25, 0.3) is 0 Å². The Labute approximate surface area is 172 Å². The lowest BCUT2D eigenvalue weighted by molar-refractivity contribution is -0.140. The third-order valence-corrected chi connectivity index (χ3v) is 5.22. The maximum absolute atomic E-state index is 13.7. The Morgan fingerprint density at radius 3 is 2.00 bits per heavy atom. The van der Waals surface area contributed by atoms with Gasteiger partial charge in [0.15, 0.2) is 11.5 Å². The average molecular weight is 423 g/mol. The van der Waals surface area contributed by atoms with Crippen molar-refractivity contribution in [3.63, 3.8) is 0 Å². The van der Waals surface area contributed by atoms with Crippen LogP contribution >= 0.6 is 0 Å². The van der Waals surface area contributed by atoms with Crippen molar-refractivity contribution in [3.8, 4) is 11.4 Å². The van der Waals surface area contributed by atoms with Gasteiger partial charge in [-0.25, -0.2) is 4.98 Å². The van der Waals surface area contributed by atoms with Crippen LogP contribution in [0.1, 0.15) is 31.4 Å². The number of alkyl halides is 3. The number of halogens is 3. The number of nitrogen functional groups attached to an aromatic ring is 1. The molecule has 0 radical (unpaired) electrons. The van der Waals surface area contributed by atoms with E-state index >= 15 is 0 Å². The maximum atomic E-state index is 13.7. The van der Waals surface area contributed by atoms with Crippen LogP contribution in [-0.2, 0) is 10.9 Å². The van der Waals surface area contributed by atoms with Gasteiger partial charge in [0.2, 0.25) is 11.9 Å². The number of aromatic nitrogens is 4. The molecule has 2 fully saturated rings. The Hall–Kier alpha value is -2.69. The second-order valence-electron chi connectivity index (χ2n) is 7.39. The van der Waals surface area contributed by atoms with Crippen molar-refractivity contribution in [1.29, 1.82) is 0 Å². The Balaban J connectivity index is 1.82. The largest absolute Gasteiger partial charge is 0.434 e. The standard InChI is InChI=1S/C19H24F3N7O/c20-19(21,22)15-13(5-6-14(23)24-15)16-25-17(28-7-3-1-2-4-8-28)27-18(26-16)29-9-11-30-12-10-29/h5-6H,1-4,7-12H2,(H2,23,24). The highest BCUT2D eigenvalue weighted by Gasteiger charge is 2.37. The Bertz CT molecular complexity index is 879. The highest BCUT2D eigenvalue weighted by Crippen LogP contribution is 2.36. The third kappa shape index (κ3) is 4.55. The average Bonchev–Trinajstić information content (AvgIpc) is 3.03. The topological polar surface area (TPSA) is 93.3 Å². The summed E-state index contributed by atoms with van der Waals surface area (Å²) in [6.07, 6.45) is -0.467. The normalized spacial score (nSPS) is 18.4.